The predicted molar refractivity (Wildman–Crippen MR) is 80.2 cm³/mol. The Morgan fingerprint density at radius 1 is 1.26 bits per heavy atom. The van der Waals surface area contributed by atoms with Crippen LogP contribution in [0.3, 0.4) is 0 Å². The molecule has 1 aromatic carbocycles. The summed E-state index contributed by atoms with van der Waals surface area (Å²) in [4.78, 5) is 0. The van der Waals surface area contributed by atoms with Gasteiger partial charge in [-0.2, -0.15) is 0 Å². The van der Waals surface area contributed by atoms with E-state index in [0.29, 0.717) is 5.92 Å². The van der Waals surface area contributed by atoms with Gasteiger partial charge in [0.2, 0.25) is 0 Å². The molecule has 2 rings (SSSR count). The van der Waals surface area contributed by atoms with Crippen molar-refractivity contribution in [2.45, 2.75) is 51.4 Å². The van der Waals surface area contributed by atoms with Crippen molar-refractivity contribution in [3.8, 4) is 0 Å². The third kappa shape index (κ3) is 2.72. The van der Waals surface area contributed by atoms with Crippen LogP contribution >= 0.6 is 11.6 Å². The Morgan fingerprint density at radius 3 is 2.42 bits per heavy atom. The van der Waals surface area contributed by atoms with E-state index in [1.165, 1.54) is 24.8 Å². The molecule has 1 saturated carbocycles. The molecule has 0 radical (unpaired) electrons. The van der Waals surface area contributed by atoms with Crippen molar-refractivity contribution in [3.05, 3.63) is 46.8 Å². The summed E-state index contributed by atoms with van der Waals surface area (Å²) in [5.74, 6) is 0.0949. The van der Waals surface area contributed by atoms with E-state index in [2.05, 4.69) is 20.4 Å². The van der Waals surface area contributed by atoms with Crippen molar-refractivity contribution in [2.75, 3.05) is 0 Å². The lowest BCUT2D eigenvalue weighted by atomic mass is 9.63. The summed E-state index contributed by atoms with van der Waals surface area (Å²) in [5, 5.41) is 0.199. The van der Waals surface area contributed by atoms with Crippen molar-refractivity contribution in [1.29, 1.82) is 0 Å². The molecule has 0 aromatic heterocycles. The first kappa shape index (κ1) is 14.6. The Kier molecular flexibility index (Phi) is 4.35. The van der Waals surface area contributed by atoms with Gasteiger partial charge in [0.15, 0.2) is 0 Å². The smallest absolute Gasteiger partial charge is 0.142 e. The molecule has 0 amide bonds. The highest BCUT2D eigenvalue weighted by Gasteiger charge is 2.37. The fraction of sp³-hybridized carbons (Fsp3) is 0.529. The second kappa shape index (κ2) is 5.66. The third-order valence-corrected chi connectivity index (χ3v) is 4.80. The number of halogens is 2. The molecular weight excluding hydrogens is 259 g/mol. The first-order valence-corrected chi connectivity index (χ1v) is 7.50. The first-order valence-electron chi connectivity index (χ1n) is 7.12. The van der Waals surface area contributed by atoms with Crippen LogP contribution < -0.4 is 0 Å². The molecule has 0 atom stereocenters. The topological polar surface area (TPSA) is 0 Å². The van der Waals surface area contributed by atoms with Crippen LogP contribution in [0.15, 0.2) is 30.4 Å². The van der Waals surface area contributed by atoms with Crippen LogP contribution in [0.1, 0.15) is 51.5 Å². The van der Waals surface area contributed by atoms with Crippen LogP contribution in [0.4, 0.5) is 4.39 Å². The molecule has 2 heteroatoms. The average molecular weight is 281 g/mol. The number of hydrogen-bond acceptors (Lipinski definition) is 0. The quantitative estimate of drug-likeness (QED) is 0.605. The van der Waals surface area contributed by atoms with Gasteiger partial charge < -0.3 is 0 Å². The Morgan fingerprint density at radius 2 is 1.89 bits per heavy atom. The van der Waals surface area contributed by atoms with Crippen LogP contribution in [0, 0.1) is 11.7 Å². The monoisotopic (exact) mass is 280 g/mol. The second-order valence-electron chi connectivity index (χ2n) is 5.95. The third-order valence-electron chi connectivity index (χ3n) is 4.49. The molecule has 1 fully saturated rings. The summed E-state index contributed by atoms with van der Waals surface area (Å²) in [7, 11) is 0. The van der Waals surface area contributed by atoms with E-state index in [-0.39, 0.29) is 16.3 Å². The van der Waals surface area contributed by atoms with Crippen molar-refractivity contribution in [2.24, 2.45) is 5.92 Å². The molecule has 0 N–H and O–H groups in total. The summed E-state index contributed by atoms with van der Waals surface area (Å²) in [5.41, 5.74) is 2.22. The molecule has 0 aliphatic heterocycles. The van der Waals surface area contributed by atoms with Crippen molar-refractivity contribution in [3.63, 3.8) is 0 Å². The maximum Gasteiger partial charge on any atom is 0.142 e. The van der Waals surface area contributed by atoms with E-state index < -0.39 is 0 Å². The zero-order valence-electron chi connectivity index (χ0n) is 11.8. The van der Waals surface area contributed by atoms with Crippen molar-refractivity contribution < 1.29 is 4.39 Å². The minimum atomic E-state index is -0.319. The van der Waals surface area contributed by atoms with Gasteiger partial charge in [-0.1, -0.05) is 62.9 Å². The highest BCUT2D eigenvalue weighted by Crippen LogP contribution is 2.47. The molecule has 104 valence electrons. The van der Waals surface area contributed by atoms with Crippen LogP contribution in [0.5, 0.6) is 0 Å². The number of rotatable bonds is 3. The molecule has 0 nitrogen and oxygen atoms in total. The minimum absolute atomic E-state index is 0.0577. The standard InChI is InChI=1S/C17H22ClF/c1-12(2)13(3)17(9-5-4-6-10-17)14-7-8-15(18)16(19)11-14/h7-8,11-12H,3-6,9-10H2,1-2H3. The van der Waals surface area contributed by atoms with E-state index in [0.717, 1.165) is 18.4 Å². The Labute approximate surface area is 120 Å². The Bertz CT molecular complexity index is 470. The normalized spacial score (nSPS) is 18.6. The van der Waals surface area contributed by atoms with E-state index in [1.54, 1.807) is 12.1 Å². The minimum Gasteiger partial charge on any atom is -0.205 e. The molecule has 1 aromatic rings. The fourth-order valence-electron chi connectivity index (χ4n) is 3.30. The van der Waals surface area contributed by atoms with Crippen LogP contribution in [-0.4, -0.2) is 0 Å². The molecule has 0 heterocycles. The molecule has 19 heavy (non-hydrogen) atoms. The lowest BCUT2D eigenvalue weighted by Gasteiger charge is -2.41. The van der Waals surface area contributed by atoms with Gasteiger partial charge in [-0.05, 0) is 36.5 Å². The molecular formula is C17H22ClF. The molecule has 1 aliphatic rings. The number of hydrogen-bond donors (Lipinski definition) is 0. The van der Waals surface area contributed by atoms with Gasteiger partial charge in [-0.3, -0.25) is 0 Å². The first-order chi connectivity index (χ1) is 8.97. The Hall–Kier alpha value is -0.820. The molecule has 0 unspecified atom stereocenters. The highest BCUT2D eigenvalue weighted by molar-refractivity contribution is 6.30. The fourth-order valence-corrected chi connectivity index (χ4v) is 3.41. The summed E-state index contributed by atoms with van der Waals surface area (Å²) in [6, 6.07) is 5.27. The zero-order valence-corrected chi connectivity index (χ0v) is 12.6. The van der Waals surface area contributed by atoms with Crippen molar-refractivity contribution in [1.82, 2.24) is 0 Å². The summed E-state index contributed by atoms with van der Waals surface area (Å²) in [6.45, 7) is 8.67. The lowest BCUT2D eigenvalue weighted by molar-refractivity contribution is 0.320. The van der Waals surface area contributed by atoms with Gasteiger partial charge in [0.05, 0.1) is 5.02 Å². The largest absolute Gasteiger partial charge is 0.205 e. The van der Waals surface area contributed by atoms with Gasteiger partial charge in [0, 0.05) is 5.41 Å². The van der Waals surface area contributed by atoms with E-state index in [4.69, 9.17) is 11.6 Å². The van der Waals surface area contributed by atoms with Crippen molar-refractivity contribution >= 4 is 11.6 Å². The Balaban J connectivity index is 2.47. The second-order valence-corrected chi connectivity index (χ2v) is 6.36. The van der Waals surface area contributed by atoms with Crippen LogP contribution in [0.25, 0.3) is 0 Å². The van der Waals surface area contributed by atoms with E-state index in [1.807, 2.05) is 6.07 Å². The van der Waals surface area contributed by atoms with Crippen LogP contribution in [-0.2, 0) is 5.41 Å². The molecule has 0 bridgehead atoms. The summed E-state index contributed by atoms with van der Waals surface area (Å²) < 4.78 is 13.8. The summed E-state index contributed by atoms with van der Waals surface area (Å²) in [6.07, 6.45) is 5.80. The lowest BCUT2D eigenvalue weighted by Crippen LogP contribution is -2.33. The summed E-state index contributed by atoms with van der Waals surface area (Å²) >= 11 is 5.81. The molecule has 0 saturated heterocycles. The maximum absolute atomic E-state index is 13.8. The zero-order chi connectivity index (χ0) is 14.0. The van der Waals surface area contributed by atoms with Gasteiger partial charge in [0.1, 0.15) is 5.82 Å². The number of allylic oxidation sites excluding steroid dienone is 1. The predicted octanol–water partition coefficient (Wildman–Crippen LogP) is 5.89. The number of benzene rings is 1. The van der Waals surface area contributed by atoms with Gasteiger partial charge in [-0.25, -0.2) is 4.39 Å². The SMILES string of the molecule is C=C(C(C)C)C1(c2ccc(Cl)c(F)c2)CCCCC1. The average Bonchev–Trinajstić information content (AvgIpc) is 2.41. The molecule has 1 aliphatic carbocycles. The van der Waals surface area contributed by atoms with Gasteiger partial charge in [-0.15, -0.1) is 0 Å². The van der Waals surface area contributed by atoms with E-state index in [9.17, 15) is 4.39 Å². The van der Waals surface area contributed by atoms with Gasteiger partial charge >= 0.3 is 0 Å². The van der Waals surface area contributed by atoms with Crippen LogP contribution in [0.2, 0.25) is 5.02 Å². The van der Waals surface area contributed by atoms with Gasteiger partial charge in [0.25, 0.3) is 0 Å². The van der Waals surface area contributed by atoms with E-state index >= 15 is 0 Å². The maximum atomic E-state index is 13.8. The highest BCUT2D eigenvalue weighted by atomic mass is 35.5. The molecule has 0 spiro atoms.